The molecule has 2 amide bonds. The number of hydrogen-bond acceptors (Lipinski definition) is 5. The van der Waals surface area contributed by atoms with Crippen LogP contribution in [0, 0.1) is 11.8 Å². The first kappa shape index (κ1) is 17.5. The molecule has 0 aromatic rings. The maximum absolute atomic E-state index is 11.6. The second kappa shape index (κ2) is 7.14. The Morgan fingerprint density at radius 2 is 2.09 bits per heavy atom. The summed E-state index contributed by atoms with van der Waals surface area (Å²) in [6.45, 7) is 5.18. The van der Waals surface area contributed by atoms with E-state index in [9.17, 15) is 13.2 Å². The SMILES string of the molecule is CCS(=O)(=O)CCN1C[C@H]2[C@H](CNC(=O)N(C)C)CO[C@H]2C1. The molecular weight excluding hydrogens is 306 g/mol. The number of sulfone groups is 1. The van der Waals surface area contributed by atoms with Crippen LogP contribution >= 0.6 is 0 Å². The number of likely N-dealkylation sites (tertiary alicyclic amines) is 1. The van der Waals surface area contributed by atoms with Gasteiger partial charge in [0.25, 0.3) is 0 Å². The average molecular weight is 333 g/mol. The number of ether oxygens (including phenoxy) is 1. The maximum Gasteiger partial charge on any atom is 0.316 e. The molecule has 0 saturated carbocycles. The maximum atomic E-state index is 11.6. The third-order valence-corrected chi connectivity index (χ3v) is 6.28. The van der Waals surface area contributed by atoms with E-state index in [1.54, 1.807) is 21.0 Å². The van der Waals surface area contributed by atoms with E-state index in [2.05, 4.69) is 10.2 Å². The molecule has 2 heterocycles. The van der Waals surface area contributed by atoms with Gasteiger partial charge in [0.2, 0.25) is 0 Å². The predicted octanol–water partition coefficient (Wildman–Crippen LogP) is -0.361. The summed E-state index contributed by atoms with van der Waals surface area (Å²) in [5.41, 5.74) is 0. The summed E-state index contributed by atoms with van der Waals surface area (Å²) in [7, 11) is 0.514. The third kappa shape index (κ3) is 4.33. The Kier molecular flexibility index (Phi) is 5.68. The molecule has 7 nitrogen and oxygen atoms in total. The zero-order chi connectivity index (χ0) is 16.3. The lowest BCUT2D eigenvalue weighted by molar-refractivity contribution is 0.0960. The summed E-state index contributed by atoms with van der Waals surface area (Å²) in [4.78, 5) is 15.3. The van der Waals surface area contributed by atoms with Crippen LogP contribution in [-0.2, 0) is 14.6 Å². The van der Waals surface area contributed by atoms with E-state index >= 15 is 0 Å². The molecule has 2 rings (SSSR count). The second-order valence-corrected chi connectivity index (χ2v) is 8.84. The zero-order valence-corrected chi connectivity index (χ0v) is 14.4. The number of fused-ring (bicyclic) bond motifs is 1. The summed E-state index contributed by atoms with van der Waals surface area (Å²) in [5.74, 6) is 1.10. The fraction of sp³-hybridized carbons (Fsp3) is 0.929. The van der Waals surface area contributed by atoms with Gasteiger partial charge in [0.1, 0.15) is 0 Å². The van der Waals surface area contributed by atoms with Crippen LogP contribution in [0.5, 0.6) is 0 Å². The molecule has 0 unspecified atom stereocenters. The van der Waals surface area contributed by atoms with Crippen molar-refractivity contribution < 1.29 is 17.9 Å². The van der Waals surface area contributed by atoms with Crippen molar-refractivity contribution in [1.29, 1.82) is 0 Å². The number of carbonyl (C=O) groups excluding carboxylic acids is 1. The highest BCUT2D eigenvalue weighted by atomic mass is 32.2. The van der Waals surface area contributed by atoms with E-state index < -0.39 is 9.84 Å². The van der Waals surface area contributed by atoms with E-state index in [0.29, 0.717) is 31.5 Å². The van der Waals surface area contributed by atoms with Crippen LogP contribution < -0.4 is 5.32 Å². The molecule has 128 valence electrons. The normalized spacial score (nSPS) is 28.6. The van der Waals surface area contributed by atoms with Gasteiger partial charge in [-0.1, -0.05) is 6.92 Å². The van der Waals surface area contributed by atoms with Crippen molar-refractivity contribution in [2.24, 2.45) is 11.8 Å². The topological polar surface area (TPSA) is 79.0 Å². The van der Waals surface area contributed by atoms with Gasteiger partial charge in [0, 0.05) is 57.9 Å². The van der Waals surface area contributed by atoms with Crippen molar-refractivity contribution in [2.45, 2.75) is 13.0 Å². The molecule has 2 aliphatic heterocycles. The molecule has 8 heteroatoms. The molecule has 0 aromatic heterocycles. The first-order valence-electron chi connectivity index (χ1n) is 7.82. The van der Waals surface area contributed by atoms with E-state index in [0.717, 1.165) is 13.1 Å². The fourth-order valence-corrected chi connectivity index (χ4v) is 3.89. The Bertz CT molecular complexity index is 494. The van der Waals surface area contributed by atoms with Gasteiger partial charge < -0.3 is 15.0 Å². The van der Waals surface area contributed by atoms with Crippen LogP contribution in [0.2, 0.25) is 0 Å². The highest BCUT2D eigenvalue weighted by Crippen LogP contribution is 2.33. The highest BCUT2D eigenvalue weighted by Gasteiger charge is 2.43. The molecule has 2 saturated heterocycles. The van der Waals surface area contributed by atoms with Crippen molar-refractivity contribution >= 4 is 15.9 Å². The lowest BCUT2D eigenvalue weighted by Crippen LogP contribution is -2.39. The van der Waals surface area contributed by atoms with Gasteiger partial charge in [0.15, 0.2) is 9.84 Å². The lowest BCUT2D eigenvalue weighted by Gasteiger charge is -2.20. The first-order valence-corrected chi connectivity index (χ1v) is 9.64. The lowest BCUT2D eigenvalue weighted by atomic mass is 9.93. The molecule has 3 atom stereocenters. The average Bonchev–Trinajstić information content (AvgIpc) is 3.03. The number of hydrogen-bond donors (Lipinski definition) is 1. The molecule has 0 radical (unpaired) electrons. The molecule has 1 N–H and O–H groups in total. The molecule has 0 bridgehead atoms. The van der Waals surface area contributed by atoms with Crippen LogP contribution in [-0.4, -0.2) is 88.7 Å². The van der Waals surface area contributed by atoms with Crippen molar-refractivity contribution in [3.8, 4) is 0 Å². The minimum Gasteiger partial charge on any atom is -0.376 e. The summed E-state index contributed by atoms with van der Waals surface area (Å²) < 4.78 is 29.0. The molecule has 22 heavy (non-hydrogen) atoms. The van der Waals surface area contributed by atoms with Gasteiger partial charge in [-0.3, -0.25) is 4.90 Å². The second-order valence-electron chi connectivity index (χ2n) is 6.37. The van der Waals surface area contributed by atoms with Crippen molar-refractivity contribution in [3.63, 3.8) is 0 Å². The number of rotatable bonds is 6. The van der Waals surface area contributed by atoms with Gasteiger partial charge >= 0.3 is 6.03 Å². The number of carbonyl (C=O) groups is 1. The number of nitrogens with zero attached hydrogens (tertiary/aromatic N) is 2. The predicted molar refractivity (Wildman–Crippen MR) is 84.6 cm³/mol. The van der Waals surface area contributed by atoms with Crippen molar-refractivity contribution in [3.05, 3.63) is 0 Å². The monoisotopic (exact) mass is 333 g/mol. The molecule has 2 aliphatic rings. The molecule has 0 aliphatic carbocycles. The van der Waals surface area contributed by atoms with Crippen LogP contribution in [0.3, 0.4) is 0 Å². The molecule has 2 fully saturated rings. The third-order valence-electron chi connectivity index (χ3n) is 4.59. The van der Waals surface area contributed by atoms with Crippen molar-refractivity contribution in [2.75, 3.05) is 58.4 Å². The first-order chi connectivity index (χ1) is 10.3. The number of amides is 2. The quantitative estimate of drug-likeness (QED) is 0.718. The van der Waals surface area contributed by atoms with Gasteiger partial charge in [-0.2, -0.15) is 0 Å². The van der Waals surface area contributed by atoms with E-state index in [-0.39, 0.29) is 23.6 Å². The van der Waals surface area contributed by atoms with Gasteiger partial charge in [-0.25, -0.2) is 13.2 Å². The summed E-state index contributed by atoms with van der Waals surface area (Å²) in [5, 5.41) is 2.91. The summed E-state index contributed by atoms with van der Waals surface area (Å²) in [6.07, 6.45) is 0.172. The Labute approximate surface area is 132 Å². The van der Waals surface area contributed by atoms with Crippen LogP contribution in [0.15, 0.2) is 0 Å². The molecule has 0 spiro atoms. The minimum atomic E-state index is -2.92. The fourth-order valence-electron chi connectivity index (χ4n) is 3.06. The van der Waals surface area contributed by atoms with Gasteiger partial charge in [-0.15, -0.1) is 0 Å². The number of nitrogens with one attached hydrogen (secondary N) is 1. The highest BCUT2D eigenvalue weighted by molar-refractivity contribution is 7.91. The Morgan fingerprint density at radius 3 is 2.73 bits per heavy atom. The van der Waals surface area contributed by atoms with Crippen molar-refractivity contribution in [1.82, 2.24) is 15.1 Å². The van der Waals surface area contributed by atoms with E-state index in [4.69, 9.17) is 4.74 Å². The van der Waals surface area contributed by atoms with Gasteiger partial charge in [-0.05, 0) is 0 Å². The molecular formula is C14H27N3O4S. The Balaban J connectivity index is 1.80. The number of urea groups is 1. The molecule has 0 aromatic carbocycles. The standard InChI is InChI=1S/C14H27N3O4S/c1-4-22(19,20)6-5-17-8-12-11(10-21-13(12)9-17)7-15-14(18)16(2)3/h11-13H,4-10H2,1-3H3,(H,15,18)/t11-,12+,13+/m1/s1. The van der Waals surface area contributed by atoms with Crippen LogP contribution in [0.1, 0.15) is 6.92 Å². The zero-order valence-electron chi connectivity index (χ0n) is 13.6. The summed E-state index contributed by atoms with van der Waals surface area (Å²) in [6, 6.07) is -0.0904. The Morgan fingerprint density at radius 1 is 1.36 bits per heavy atom. The van der Waals surface area contributed by atoms with E-state index in [1.165, 1.54) is 4.90 Å². The van der Waals surface area contributed by atoms with Crippen LogP contribution in [0.25, 0.3) is 0 Å². The van der Waals surface area contributed by atoms with Gasteiger partial charge in [0.05, 0.1) is 18.5 Å². The largest absolute Gasteiger partial charge is 0.376 e. The summed E-state index contributed by atoms with van der Waals surface area (Å²) >= 11 is 0. The minimum absolute atomic E-state index is 0.0904. The Hall–Kier alpha value is -0.860. The van der Waals surface area contributed by atoms with Crippen LogP contribution in [0.4, 0.5) is 4.79 Å². The smallest absolute Gasteiger partial charge is 0.316 e. The van der Waals surface area contributed by atoms with E-state index in [1.807, 2.05) is 0 Å².